The molecule has 1 N–H and O–H groups in total. The number of ether oxygens (including phenoxy) is 2. The quantitative estimate of drug-likeness (QED) is 0.549. The summed E-state index contributed by atoms with van der Waals surface area (Å²) in [7, 11) is 0. The molecule has 0 saturated carbocycles. The highest BCUT2D eigenvalue weighted by Crippen LogP contribution is 2.41. The van der Waals surface area contributed by atoms with Crippen LogP contribution < -0.4 is 19.7 Å². The first kappa shape index (κ1) is 16.8. The Morgan fingerprint density at radius 3 is 2.67 bits per heavy atom. The lowest BCUT2D eigenvalue weighted by molar-refractivity contribution is 0.0974. The summed E-state index contributed by atoms with van der Waals surface area (Å²) in [5, 5.41) is 3.46. The highest BCUT2D eigenvalue weighted by atomic mass is 16.7. The van der Waals surface area contributed by atoms with Crippen LogP contribution in [0, 0.1) is 0 Å². The molecule has 0 bridgehead atoms. The molecule has 2 aliphatic rings. The zero-order valence-corrected chi connectivity index (χ0v) is 15.8. The maximum absolute atomic E-state index is 13.5. The van der Waals surface area contributed by atoms with Crippen LogP contribution in [0.3, 0.4) is 0 Å². The summed E-state index contributed by atoms with van der Waals surface area (Å²) in [6.07, 6.45) is 1.19. The van der Waals surface area contributed by atoms with Crippen molar-refractivity contribution < 1.29 is 14.3 Å². The van der Waals surface area contributed by atoms with E-state index in [1.54, 1.807) is 11.1 Å². The van der Waals surface area contributed by atoms with Gasteiger partial charge in [0.25, 0.3) is 5.91 Å². The molecule has 3 heterocycles. The molecule has 0 aliphatic carbocycles. The van der Waals surface area contributed by atoms with Gasteiger partial charge < -0.3 is 14.8 Å². The summed E-state index contributed by atoms with van der Waals surface area (Å²) in [6, 6.07) is 20.6. The van der Waals surface area contributed by atoms with Crippen LogP contribution in [-0.2, 0) is 0 Å². The Kier molecular flexibility index (Phi) is 3.61. The number of hydrogen-bond acceptors (Lipinski definition) is 6. The van der Waals surface area contributed by atoms with E-state index in [0.717, 1.165) is 16.7 Å². The third-order valence-corrected chi connectivity index (χ3v) is 5.31. The number of nitrogens with one attached hydrogen (secondary N) is 1. The van der Waals surface area contributed by atoms with Crippen molar-refractivity contribution in [2.45, 2.75) is 6.17 Å². The van der Waals surface area contributed by atoms with Crippen molar-refractivity contribution in [2.75, 3.05) is 17.0 Å². The molecule has 1 atom stereocenters. The minimum atomic E-state index is -0.523. The van der Waals surface area contributed by atoms with E-state index in [1.807, 2.05) is 66.7 Å². The van der Waals surface area contributed by atoms with E-state index in [1.165, 1.54) is 0 Å². The van der Waals surface area contributed by atoms with E-state index in [2.05, 4.69) is 10.3 Å². The van der Waals surface area contributed by atoms with Crippen LogP contribution in [0.2, 0.25) is 0 Å². The fraction of sp³-hybridized carbons (Fsp3) is 0.0870. The van der Waals surface area contributed by atoms with Crippen molar-refractivity contribution in [2.24, 2.45) is 0 Å². The molecule has 7 nitrogen and oxygen atoms in total. The van der Waals surface area contributed by atoms with Crippen LogP contribution in [0.25, 0.3) is 11.0 Å². The molecule has 146 valence electrons. The first-order valence-corrected chi connectivity index (χ1v) is 9.58. The fourth-order valence-corrected chi connectivity index (χ4v) is 3.87. The van der Waals surface area contributed by atoms with E-state index < -0.39 is 6.17 Å². The summed E-state index contributed by atoms with van der Waals surface area (Å²) in [6.45, 7) is 0.174. The van der Waals surface area contributed by atoms with Gasteiger partial charge in [-0.1, -0.05) is 24.3 Å². The molecule has 1 amide bonds. The molecule has 0 spiro atoms. The van der Waals surface area contributed by atoms with Crippen LogP contribution in [0.5, 0.6) is 11.5 Å². The molecule has 0 fully saturated rings. The molecular formula is C23H16N4O3. The van der Waals surface area contributed by atoms with Crippen molar-refractivity contribution in [3.05, 3.63) is 84.2 Å². The Labute approximate surface area is 171 Å². The average Bonchev–Trinajstić information content (AvgIpc) is 3.26. The number of hydrogen-bond donors (Lipinski definition) is 1. The minimum absolute atomic E-state index is 0.122. The normalized spacial score (nSPS) is 17.0. The van der Waals surface area contributed by atoms with Gasteiger partial charge in [0.05, 0.1) is 28.5 Å². The maximum atomic E-state index is 13.5. The molecule has 30 heavy (non-hydrogen) atoms. The number of rotatable bonds is 2. The van der Waals surface area contributed by atoms with Crippen molar-refractivity contribution in [3.8, 4) is 11.5 Å². The predicted octanol–water partition coefficient (Wildman–Crippen LogP) is 4.13. The molecule has 3 aromatic carbocycles. The molecule has 7 heteroatoms. The summed E-state index contributed by atoms with van der Waals surface area (Å²) in [5.41, 5.74) is 4.27. The van der Waals surface area contributed by atoms with Crippen molar-refractivity contribution in [1.29, 1.82) is 0 Å². The first-order valence-electron chi connectivity index (χ1n) is 9.58. The third-order valence-electron chi connectivity index (χ3n) is 5.31. The summed E-state index contributed by atoms with van der Waals surface area (Å²) < 4.78 is 10.9. The maximum Gasteiger partial charge on any atom is 0.262 e. The van der Waals surface area contributed by atoms with Crippen LogP contribution >= 0.6 is 0 Å². The van der Waals surface area contributed by atoms with Crippen LogP contribution in [0.1, 0.15) is 22.2 Å². The number of benzene rings is 3. The minimum Gasteiger partial charge on any atom is -0.454 e. The van der Waals surface area contributed by atoms with Gasteiger partial charge in [0.1, 0.15) is 5.69 Å². The van der Waals surface area contributed by atoms with E-state index in [0.29, 0.717) is 28.4 Å². The van der Waals surface area contributed by atoms with Crippen LogP contribution in [0.15, 0.2) is 72.9 Å². The zero-order valence-electron chi connectivity index (χ0n) is 15.8. The van der Waals surface area contributed by atoms with Crippen molar-refractivity contribution >= 4 is 28.3 Å². The first-order chi connectivity index (χ1) is 14.8. The SMILES string of the molecule is O=C1c2ccccc2N[C@H](c2cnc3ccccc3n2)N1c1ccc2c(c1)OCO2. The topological polar surface area (TPSA) is 76.6 Å². The second-order valence-corrected chi connectivity index (χ2v) is 7.09. The van der Waals surface area contributed by atoms with Gasteiger partial charge in [0.2, 0.25) is 6.79 Å². The Morgan fingerprint density at radius 2 is 1.73 bits per heavy atom. The van der Waals surface area contributed by atoms with Gasteiger partial charge in [0, 0.05) is 11.8 Å². The number of fused-ring (bicyclic) bond motifs is 3. The van der Waals surface area contributed by atoms with Crippen molar-refractivity contribution in [3.63, 3.8) is 0 Å². The number of aromatic nitrogens is 2. The molecular weight excluding hydrogens is 380 g/mol. The molecule has 4 aromatic rings. The van der Waals surface area contributed by atoms with E-state index in [-0.39, 0.29) is 12.7 Å². The second-order valence-electron chi connectivity index (χ2n) is 7.09. The predicted molar refractivity (Wildman–Crippen MR) is 112 cm³/mol. The highest BCUT2D eigenvalue weighted by Gasteiger charge is 2.35. The largest absolute Gasteiger partial charge is 0.454 e. The average molecular weight is 396 g/mol. The Morgan fingerprint density at radius 1 is 0.933 bits per heavy atom. The Hall–Kier alpha value is -4.13. The molecule has 0 unspecified atom stereocenters. The monoisotopic (exact) mass is 396 g/mol. The standard InChI is InChI=1S/C23H16N4O3/c28-23-15-5-1-2-6-16(15)26-22(19-12-24-17-7-3-4-8-18(17)25-19)27(23)14-9-10-20-21(11-14)30-13-29-20/h1-12,22,26H,13H2/t22-/m0/s1. The number of para-hydroxylation sites is 3. The number of nitrogens with zero attached hydrogens (tertiary/aromatic N) is 3. The van der Waals surface area contributed by atoms with Gasteiger partial charge >= 0.3 is 0 Å². The van der Waals surface area contributed by atoms with E-state index in [9.17, 15) is 4.79 Å². The zero-order chi connectivity index (χ0) is 20.1. The Bertz CT molecular complexity index is 1310. The molecule has 1 aromatic heterocycles. The lowest BCUT2D eigenvalue weighted by Gasteiger charge is -2.37. The summed E-state index contributed by atoms with van der Waals surface area (Å²) in [4.78, 5) is 24.5. The lowest BCUT2D eigenvalue weighted by Crippen LogP contribution is -2.43. The number of carbonyl (C=O) groups excluding carboxylic acids is 1. The lowest BCUT2D eigenvalue weighted by atomic mass is 10.0. The summed E-state index contributed by atoms with van der Waals surface area (Å²) >= 11 is 0. The summed E-state index contributed by atoms with van der Waals surface area (Å²) in [5.74, 6) is 1.16. The Balaban J connectivity index is 1.52. The van der Waals surface area contributed by atoms with Crippen LogP contribution in [-0.4, -0.2) is 22.7 Å². The third kappa shape index (κ3) is 2.56. The van der Waals surface area contributed by atoms with E-state index in [4.69, 9.17) is 14.5 Å². The molecule has 0 radical (unpaired) electrons. The van der Waals surface area contributed by atoms with Gasteiger partial charge in [0.15, 0.2) is 17.7 Å². The molecule has 6 rings (SSSR count). The van der Waals surface area contributed by atoms with Gasteiger partial charge in [-0.2, -0.15) is 0 Å². The smallest absolute Gasteiger partial charge is 0.262 e. The van der Waals surface area contributed by atoms with Gasteiger partial charge in [-0.15, -0.1) is 0 Å². The number of anilines is 2. The van der Waals surface area contributed by atoms with Gasteiger partial charge in [-0.05, 0) is 36.4 Å². The number of amides is 1. The van der Waals surface area contributed by atoms with Crippen molar-refractivity contribution in [1.82, 2.24) is 9.97 Å². The van der Waals surface area contributed by atoms with Crippen LogP contribution in [0.4, 0.5) is 11.4 Å². The number of carbonyl (C=O) groups is 1. The van der Waals surface area contributed by atoms with E-state index >= 15 is 0 Å². The second kappa shape index (κ2) is 6.45. The molecule has 0 saturated heterocycles. The van der Waals surface area contributed by atoms with Gasteiger partial charge in [-0.3, -0.25) is 14.7 Å². The molecule has 2 aliphatic heterocycles. The highest BCUT2D eigenvalue weighted by molar-refractivity contribution is 6.12. The van der Waals surface area contributed by atoms with Gasteiger partial charge in [-0.25, -0.2) is 4.98 Å². The fourth-order valence-electron chi connectivity index (χ4n) is 3.87.